The molecule has 4 atom stereocenters. The van der Waals surface area contributed by atoms with Gasteiger partial charge in [-0.05, 0) is 37.5 Å². The third-order valence-electron chi connectivity index (χ3n) is 5.03. The van der Waals surface area contributed by atoms with Gasteiger partial charge in [0.05, 0.1) is 11.8 Å². The van der Waals surface area contributed by atoms with Crippen LogP contribution in [0.3, 0.4) is 0 Å². The summed E-state index contributed by atoms with van der Waals surface area (Å²) in [5.74, 6) is 0.0637. The maximum Gasteiger partial charge on any atom is 0.316 e. The minimum Gasteiger partial charge on any atom is -0.393 e. The highest BCUT2D eigenvalue weighted by Gasteiger charge is 2.34. The normalized spacial score (nSPS) is 35.7. The van der Waals surface area contributed by atoms with E-state index in [9.17, 15) is 9.59 Å². The van der Waals surface area contributed by atoms with Gasteiger partial charge in [0, 0.05) is 0 Å². The minimum atomic E-state index is -0.269. The highest BCUT2D eigenvalue weighted by atomic mass is 16.6. The van der Waals surface area contributed by atoms with Gasteiger partial charge in [-0.15, -0.1) is 0 Å². The molecule has 3 heteroatoms. The summed E-state index contributed by atoms with van der Waals surface area (Å²) < 4.78 is 5.19. The molecule has 0 heterocycles. The first-order valence-corrected chi connectivity index (χ1v) is 7.85. The van der Waals surface area contributed by atoms with Crippen LogP contribution in [-0.2, 0) is 14.3 Å². The van der Waals surface area contributed by atoms with Crippen molar-refractivity contribution in [2.75, 3.05) is 0 Å². The van der Waals surface area contributed by atoms with Crippen LogP contribution in [0.15, 0.2) is 0 Å². The zero-order chi connectivity index (χ0) is 13.8. The van der Waals surface area contributed by atoms with Gasteiger partial charge in [-0.3, -0.25) is 9.59 Å². The lowest BCUT2D eigenvalue weighted by Crippen LogP contribution is -2.33. The van der Waals surface area contributed by atoms with Crippen molar-refractivity contribution in [1.29, 1.82) is 0 Å². The van der Waals surface area contributed by atoms with E-state index in [1.54, 1.807) is 0 Å². The van der Waals surface area contributed by atoms with Crippen molar-refractivity contribution in [3.05, 3.63) is 0 Å². The van der Waals surface area contributed by atoms with E-state index in [4.69, 9.17) is 4.74 Å². The molecule has 2 fully saturated rings. The molecule has 0 aliphatic heterocycles. The quantitative estimate of drug-likeness (QED) is 0.565. The highest BCUT2D eigenvalue weighted by molar-refractivity contribution is 5.88. The van der Waals surface area contributed by atoms with Gasteiger partial charge in [-0.25, -0.2) is 0 Å². The fraction of sp³-hybridized carbons (Fsp3) is 0.875. The van der Waals surface area contributed by atoms with Crippen LogP contribution in [0.4, 0.5) is 0 Å². The number of hydrogen-bond donors (Lipinski definition) is 0. The summed E-state index contributed by atoms with van der Waals surface area (Å²) in [6.45, 7) is 4.19. The Morgan fingerprint density at radius 3 is 1.47 bits per heavy atom. The molecule has 0 amide bonds. The Labute approximate surface area is 116 Å². The predicted molar refractivity (Wildman–Crippen MR) is 73.3 cm³/mol. The van der Waals surface area contributed by atoms with Crippen LogP contribution in [0.25, 0.3) is 0 Å². The smallest absolute Gasteiger partial charge is 0.316 e. The van der Waals surface area contributed by atoms with Gasteiger partial charge in [0.2, 0.25) is 0 Å². The summed E-state index contributed by atoms with van der Waals surface area (Å²) in [6.07, 6.45) is 8.47. The summed E-state index contributed by atoms with van der Waals surface area (Å²) in [5.41, 5.74) is 0. The monoisotopic (exact) mass is 266 g/mol. The van der Waals surface area contributed by atoms with Gasteiger partial charge in [0.1, 0.15) is 0 Å². The first-order valence-electron chi connectivity index (χ1n) is 7.85. The molecule has 0 aromatic heterocycles. The number of rotatable bonds is 2. The van der Waals surface area contributed by atoms with E-state index in [1.165, 1.54) is 12.8 Å². The molecular weight excluding hydrogens is 240 g/mol. The number of esters is 2. The number of carbonyl (C=O) groups is 2. The second-order valence-corrected chi connectivity index (χ2v) is 6.48. The SMILES string of the molecule is CC1CCCCC1C(=O)OC(=O)C1CCCCC1C. The summed E-state index contributed by atoms with van der Waals surface area (Å²) in [4.78, 5) is 24.3. The molecule has 4 unspecified atom stereocenters. The maximum atomic E-state index is 12.1. The van der Waals surface area contributed by atoms with Crippen LogP contribution in [0.2, 0.25) is 0 Å². The topological polar surface area (TPSA) is 43.4 Å². The van der Waals surface area contributed by atoms with Crippen LogP contribution >= 0.6 is 0 Å². The number of ether oxygens (including phenoxy) is 1. The molecule has 3 nitrogen and oxygen atoms in total. The molecule has 0 bridgehead atoms. The van der Waals surface area contributed by atoms with Gasteiger partial charge >= 0.3 is 11.9 Å². The molecule has 2 rings (SSSR count). The van der Waals surface area contributed by atoms with Crippen molar-refractivity contribution >= 4 is 11.9 Å². The van der Waals surface area contributed by atoms with Crippen LogP contribution in [0.5, 0.6) is 0 Å². The van der Waals surface area contributed by atoms with E-state index < -0.39 is 0 Å². The van der Waals surface area contributed by atoms with Crippen molar-refractivity contribution < 1.29 is 14.3 Å². The first-order chi connectivity index (χ1) is 9.09. The average molecular weight is 266 g/mol. The molecule has 19 heavy (non-hydrogen) atoms. The largest absolute Gasteiger partial charge is 0.393 e. The van der Waals surface area contributed by atoms with Crippen molar-refractivity contribution in [2.45, 2.75) is 65.2 Å². The number of carbonyl (C=O) groups excluding carboxylic acids is 2. The molecule has 0 aromatic carbocycles. The van der Waals surface area contributed by atoms with Gasteiger partial charge in [0.15, 0.2) is 0 Å². The predicted octanol–water partition coefficient (Wildman–Crippen LogP) is 3.71. The first kappa shape index (κ1) is 14.5. The van der Waals surface area contributed by atoms with Crippen LogP contribution in [-0.4, -0.2) is 11.9 Å². The van der Waals surface area contributed by atoms with E-state index in [-0.39, 0.29) is 23.8 Å². The Bertz CT molecular complexity index is 305. The van der Waals surface area contributed by atoms with Crippen LogP contribution in [0.1, 0.15) is 65.2 Å². The highest BCUT2D eigenvalue weighted by Crippen LogP contribution is 2.33. The molecule has 0 N–H and O–H groups in total. The van der Waals surface area contributed by atoms with Crippen molar-refractivity contribution in [3.8, 4) is 0 Å². The summed E-state index contributed by atoms with van der Waals surface area (Å²) in [7, 11) is 0. The third kappa shape index (κ3) is 3.58. The van der Waals surface area contributed by atoms with Crippen LogP contribution < -0.4 is 0 Å². The molecule has 0 aromatic rings. The molecule has 2 aliphatic carbocycles. The Kier molecular flexibility index (Phi) is 5.00. The molecule has 2 aliphatic rings. The summed E-state index contributed by atoms with van der Waals surface area (Å²) in [6, 6.07) is 0. The third-order valence-corrected chi connectivity index (χ3v) is 5.03. The second-order valence-electron chi connectivity index (χ2n) is 6.48. The Hall–Kier alpha value is -0.860. The van der Waals surface area contributed by atoms with E-state index in [1.807, 2.05) is 0 Å². The molecule has 0 spiro atoms. The van der Waals surface area contributed by atoms with E-state index in [0.29, 0.717) is 11.8 Å². The van der Waals surface area contributed by atoms with E-state index >= 15 is 0 Å². The molecule has 0 radical (unpaired) electrons. The lowest BCUT2D eigenvalue weighted by atomic mass is 9.79. The van der Waals surface area contributed by atoms with Gasteiger partial charge in [-0.2, -0.15) is 0 Å². The Morgan fingerprint density at radius 1 is 0.737 bits per heavy atom. The molecule has 108 valence electrons. The summed E-state index contributed by atoms with van der Waals surface area (Å²) >= 11 is 0. The fourth-order valence-corrected chi connectivity index (χ4v) is 3.58. The van der Waals surface area contributed by atoms with E-state index in [2.05, 4.69) is 13.8 Å². The Balaban J connectivity index is 1.88. The van der Waals surface area contributed by atoms with Crippen molar-refractivity contribution in [3.63, 3.8) is 0 Å². The van der Waals surface area contributed by atoms with Gasteiger partial charge in [-0.1, -0.05) is 39.5 Å². The van der Waals surface area contributed by atoms with Gasteiger partial charge in [0.25, 0.3) is 0 Å². The van der Waals surface area contributed by atoms with Crippen molar-refractivity contribution in [1.82, 2.24) is 0 Å². The zero-order valence-electron chi connectivity index (χ0n) is 12.2. The number of hydrogen-bond acceptors (Lipinski definition) is 3. The van der Waals surface area contributed by atoms with Gasteiger partial charge < -0.3 is 4.74 Å². The minimum absolute atomic E-state index is 0.0587. The average Bonchev–Trinajstić information content (AvgIpc) is 2.39. The summed E-state index contributed by atoms with van der Waals surface area (Å²) in [5, 5.41) is 0. The van der Waals surface area contributed by atoms with E-state index in [0.717, 1.165) is 38.5 Å². The second kappa shape index (κ2) is 6.53. The molecule has 2 saturated carbocycles. The molecule has 0 saturated heterocycles. The maximum absolute atomic E-state index is 12.1. The fourth-order valence-electron chi connectivity index (χ4n) is 3.58. The van der Waals surface area contributed by atoms with Crippen LogP contribution in [0, 0.1) is 23.7 Å². The Morgan fingerprint density at radius 2 is 1.11 bits per heavy atom. The standard InChI is InChI=1S/C16H26O3/c1-11-7-3-5-9-13(11)15(17)19-16(18)14-10-6-4-8-12(14)2/h11-14H,3-10H2,1-2H3. The lowest BCUT2D eigenvalue weighted by molar-refractivity contribution is -0.169. The molecular formula is C16H26O3. The lowest BCUT2D eigenvalue weighted by Gasteiger charge is -2.29. The van der Waals surface area contributed by atoms with Crippen molar-refractivity contribution in [2.24, 2.45) is 23.7 Å². The zero-order valence-corrected chi connectivity index (χ0v) is 12.2.